The van der Waals surface area contributed by atoms with Crippen molar-refractivity contribution in [2.75, 3.05) is 39.4 Å². The van der Waals surface area contributed by atoms with E-state index in [1.54, 1.807) is 0 Å². The summed E-state index contributed by atoms with van der Waals surface area (Å²) in [6, 6.07) is 12.5. The number of rotatable bonds is 4. The Balaban J connectivity index is 0.00000182. The smallest absolute Gasteiger partial charge is 0.131 e. The van der Waals surface area contributed by atoms with Crippen molar-refractivity contribution in [2.24, 2.45) is 0 Å². The van der Waals surface area contributed by atoms with Crippen molar-refractivity contribution in [3.63, 3.8) is 0 Å². The highest BCUT2D eigenvalue weighted by Gasteiger charge is 2.24. The Hall–Kier alpha value is -1.78. The van der Waals surface area contributed by atoms with E-state index in [0.717, 1.165) is 50.8 Å². The van der Waals surface area contributed by atoms with E-state index in [9.17, 15) is 0 Å². The van der Waals surface area contributed by atoms with Crippen LogP contribution in [-0.2, 0) is 11.3 Å². The second-order valence-electron chi connectivity index (χ2n) is 6.21. The number of fused-ring (bicyclic) bond motifs is 2. The third-order valence-electron chi connectivity index (χ3n) is 4.71. The van der Waals surface area contributed by atoms with Crippen LogP contribution in [0.3, 0.4) is 0 Å². The Morgan fingerprint density at radius 3 is 2.50 bits per heavy atom. The molecule has 7 N–H and O–H groups in total. The lowest BCUT2D eigenvalue weighted by Crippen LogP contribution is -2.41. The van der Waals surface area contributed by atoms with Crippen molar-refractivity contribution in [1.29, 1.82) is 0 Å². The first-order valence-corrected chi connectivity index (χ1v) is 8.61. The van der Waals surface area contributed by atoms with Gasteiger partial charge in [0.15, 0.2) is 0 Å². The van der Waals surface area contributed by atoms with E-state index >= 15 is 0 Å². The van der Waals surface area contributed by atoms with Crippen LogP contribution >= 0.6 is 12.4 Å². The van der Waals surface area contributed by atoms with Crippen LogP contribution in [0.15, 0.2) is 42.6 Å². The molecule has 0 amide bonds. The molecule has 1 saturated heterocycles. The van der Waals surface area contributed by atoms with Gasteiger partial charge in [-0.25, -0.2) is 0 Å². The molecule has 2 aliphatic heterocycles. The average Bonchev–Trinajstić information content (AvgIpc) is 2.80. The summed E-state index contributed by atoms with van der Waals surface area (Å²) in [5.74, 6) is 0.944. The second kappa shape index (κ2) is 12.6. The number of nitrogens with one attached hydrogen (secondary N) is 1. The second-order valence-corrected chi connectivity index (χ2v) is 6.21. The molecule has 0 bridgehead atoms. The van der Waals surface area contributed by atoms with Gasteiger partial charge in [-0.1, -0.05) is 24.3 Å². The molecule has 8 nitrogen and oxygen atoms in total. The van der Waals surface area contributed by atoms with Gasteiger partial charge in [0, 0.05) is 37.9 Å². The fourth-order valence-corrected chi connectivity index (χ4v) is 3.41. The predicted molar refractivity (Wildman–Crippen MR) is 110 cm³/mol. The molecule has 4 rings (SSSR count). The summed E-state index contributed by atoms with van der Waals surface area (Å²) >= 11 is 0. The Morgan fingerprint density at radius 2 is 1.71 bits per heavy atom. The minimum Gasteiger partial charge on any atom is -0.487 e. The number of hydrogen-bond acceptors (Lipinski definition) is 5. The molecule has 9 heteroatoms. The number of nitrogens with zero attached hydrogens (tertiary/aromatic N) is 2. The van der Waals surface area contributed by atoms with E-state index in [1.807, 2.05) is 24.4 Å². The molecule has 1 aromatic heterocycles. The van der Waals surface area contributed by atoms with Crippen LogP contribution in [0.2, 0.25) is 0 Å². The first-order chi connectivity index (χ1) is 11.9. The van der Waals surface area contributed by atoms with Crippen molar-refractivity contribution in [3.05, 3.63) is 59.4 Å². The normalized spacial score (nSPS) is 17.6. The van der Waals surface area contributed by atoms with E-state index in [2.05, 4.69) is 33.4 Å². The number of pyridine rings is 1. The number of para-hydroxylation sites is 1. The highest BCUT2D eigenvalue weighted by atomic mass is 35.5. The average molecular weight is 416 g/mol. The first kappa shape index (κ1) is 26.2. The molecule has 0 radical (unpaired) electrons. The summed E-state index contributed by atoms with van der Waals surface area (Å²) in [7, 11) is 0. The predicted octanol–water partition coefficient (Wildman–Crippen LogP) is -0.0671. The van der Waals surface area contributed by atoms with Crippen LogP contribution < -0.4 is 10.1 Å². The molecule has 2 aliphatic rings. The highest BCUT2D eigenvalue weighted by Crippen LogP contribution is 2.34. The maximum Gasteiger partial charge on any atom is 0.131 e. The Kier molecular flexibility index (Phi) is 11.8. The summed E-state index contributed by atoms with van der Waals surface area (Å²) in [5.41, 5.74) is 3.41. The molecular weight excluding hydrogens is 386 g/mol. The minimum atomic E-state index is 0. The van der Waals surface area contributed by atoms with Gasteiger partial charge in [0.1, 0.15) is 12.4 Å². The number of hydrogen-bond donors (Lipinski definition) is 1. The van der Waals surface area contributed by atoms with Crippen molar-refractivity contribution in [2.45, 2.75) is 12.6 Å². The molecule has 158 valence electrons. The number of ether oxygens (including phenoxy) is 2. The van der Waals surface area contributed by atoms with E-state index in [0.29, 0.717) is 6.61 Å². The lowest BCUT2D eigenvalue weighted by atomic mass is 9.97. The minimum absolute atomic E-state index is 0. The topological polar surface area (TPSA) is 141 Å². The summed E-state index contributed by atoms with van der Waals surface area (Å²) in [6.45, 7) is 6.19. The quantitative estimate of drug-likeness (QED) is 0.743. The van der Waals surface area contributed by atoms with Crippen LogP contribution in [0.1, 0.15) is 22.9 Å². The van der Waals surface area contributed by atoms with Gasteiger partial charge in [-0.3, -0.25) is 9.88 Å². The van der Waals surface area contributed by atoms with Crippen molar-refractivity contribution >= 4 is 12.4 Å². The molecule has 0 spiro atoms. The van der Waals surface area contributed by atoms with Crippen LogP contribution in [-0.4, -0.2) is 65.7 Å². The van der Waals surface area contributed by atoms with E-state index in [-0.39, 0.29) is 34.9 Å². The largest absolute Gasteiger partial charge is 0.487 e. The third-order valence-corrected chi connectivity index (χ3v) is 4.71. The number of benzene rings is 1. The number of morpholine rings is 1. The zero-order valence-electron chi connectivity index (χ0n) is 15.7. The highest BCUT2D eigenvalue weighted by molar-refractivity contribution is 5.85. The van der Waals surface area contributed by atoms with Crippen LogP contribution in [0.25, 0.3) is 0 Å². The van der Waals surface area contributed by atoms with Gasteiger partial charge in [-0.15, -0.1) is 12.4 Å². The molecule has 3 heterocycles. The summed E-state index contributed by atoms with van der Waals surface area (Å²) in [4.78, 5) is 6.96. The van der Waals surface area contributed by atoms with Gasteiger partial charge in [0.05, 0.1) is 24.9 Å². The maximum absolute atomic E-state index is 5.97. The molecule has 1 fully saturated rings. The van der Waals surface area contributed by atoms with E-state index < -0.39 is 0 Å². The fraction of sp³-hybridized carbons (Fsp3) is 0.421. The third kappa shape index (κ3) is 5.86. The molecule has 1 aromatic carbocycles. The molecule has 1 atom stereocenters. The van der Waals surface area contributed by atoms with Crippen LogP contribution in [0, 0.1) is 0 Å². The lowest BCUT2D eigenvalue weighted by Gasteiger charge is -2.28. The van der Waals surface area contributed by atoms with Crippen molar-refractivity contribution in [3.8, 4) is 5.75 Å². The van der Waals surface area contributed by atoms with E-state index in [1.165, 1.54) is 11.1 Å². The molecule has 1 unspecified atom stereocenters. The summed E-state index contributed by atoms with van der Waals surface area (Å²) < 4.78 is 11.4. The molecule has 0 saturated carbocycles. The molecule has 0 aliphatic carbocycles. The van der Waals surface area contributed by atoms with Gasteiger partial charge in [-0.2, -0.15) is 0 Å². The van der Waals surface area contributed by atoms with Crippen LogP contribution in [0.5, 0.6) is 5.75 Å². The van der Waals surface area contributed by atoms with Gasteiger partial charge >= 0.3 is 0 Å². The van der Waals surface area contributed by atoms with Gasteiger partial charge in [-0.05, 0) is 17.7 Å². The summed E-state index contributed by atoms with van der Waals surface area (Å²) in [5, 5.41) is 3.72. The van der Waals surface area contributed by atoms with Gasteiger partial charge in [0.25, 0.3) is 0 Å². The zero-order valence-corrected chi connectivity index (χ0v) is 16.5. The van der Waals surface area contributed by atoms with Gasteiger partial charge < -0.3 is 31.2 Å². The lowest BCUT2D eigenvalue weighted by molar-refractivity contribution is 0.0382. The monoisotopic (exact) mass is 415 g/mol. The van der Waals surface area contributed by atoms with Crippen LogP contribution in [0.4, 0.5) is 0 Å². The Labute approximate surface area is 171 Å². The molecule has 28 heavy (non-hydrogen) atoms. The maximum atomic E-state index is 5.97. The Morgan fingerprint density at radius 1 is 1.00 bits per heavy atom. The van der Waals surface area contributed by atoms with Crippen molar-refractivity contribution in [1.82, 2.24) is 15.2 Å². The zero-order chi connectivity index (χ0) is 16.2. The van der Waals surface area contributed by atoms with E-state index in [4.69, 9.17) is 9.47 Å². The standard InChI is InChI=1S/C19H23N3O2.ClH.3H2O/c1-2-6-18-16(4-1)19(15-5-3-7-20-17(15)14-24-18)21-8-9-22-10-12-23-13-11-22;;;;/h1-7,19,21H,8-14H2;1H;3*1H2. The number of halogens is 1. The molecule has 2 aromatic rings. The van der Waals surface area contributed by atoms with Crippen molar-refractivity contribution < 1.29 is 25.9 Å². The SMILES string of the molecule is Cl.O.O.O.c1ccc2c(c1)OCc1ncccc1C2NCCN1CCOCC1. The molecular formula is C19H30ClN3O5. The fourth-order valence-electron chi connectivity index (χ4n) is 3.41. The Bertz CT molecular complexity index is 653. The van der Waals surface area contributed by atoms with Gasteiger partial charge in [0.2, 0.25) is 0 Å². The summed E-state index contributed by atoms with van der Waals surface area (Å²) in [6.07, 6.45) is 1.84. The number of aromatic nitrogens is 1. The first-order valence-electron chi connectivity index (χ1n) is 8.61.